The first-order valence-corrected chi connectivity index (χ1v) is 7.77. The number of amides is 1. The second kappa shape index (κ2) is 5.49. The van der Waals surface area contributed by atoms with Gasteiger partial charge in [0.05, 0.1) is 11.3 Å². The molecule has 0 fully saturated rings. The summed E-state index contributed by atoms with van der Waals surface area (Å²) in [5, 5.41) is 0. The molecule has 0 radical (unpaired) electrons. The molecule has 0 spiro atoms. The number of H-pyrrole nitrogens is 1. The molecule has 6 nitrogen and oxygen atoms in total. The molecular weight excluding hydrogens is 302 g/mol. The number of hydrogen-bond donors (Lipinski definition) is 2. The highest BCUT2D eigenvalue weighted by atomic mass is 16.2. The molecule has 120 valence electrons. The fourth-order valence-electron chi connectivity index (χ4n) is 3.17. The topological polar surface area (TPSA) is 87.9 Å². The summed E-state index contributed by atoms with van der Waals surface area (Å²) >= 11 is 0. The molecule has 1 aliphatic heterocycles. The Balaban J connectivity index is 2.01. The van der Waals surface area contributed by atoms with Crippen LogP contribution in [0.5, 0.6) is 0 Å². The number of fused-ring (bicyclic) bond motifs is 1. The molecule has 0 aromatic carbocycles. The number of anilines is 1. The Bertz CT molecular complexity index is 916. The lowest BCUT2D eigenvalue weighted by molar-refractivity contribution is 0.0781. The highest BCUT2D eigenvalue weighted by Crippen LogP contribution is 2.38. The second-order valence-electron chi connectivity index (χ2n) is 5.92. The normalized spacial score (nSPS) is 13.9. The molecule has 1 aliphatic rings. The molecule has 6 heteroatoms. The minimum absolute atomic E-state index is 0.0274. The van der Waals surface area contributed by atoms with Crippen LogP contribution in [0.4, 0.5) is 5.82 Å². The average Bonchev–Trinajstić information content (AvgIpc) is 2.99. The summed E-state index contributed by atoms with van der Waals surface area (Å²) in [6.07, 6.45) is 5.97. The molecule has 0 aliphatic carbocycles. The van der Waals surface area contributed by atoms with E-state index in [1.165, 1.54) is 0 Å². The van der Waals surface area contributed by atoms with Crippen LogP contribution in [0.3, 0.4) is 0 Å². The largest absolute Gasteiger partial charge is 0.384 e. The number of carbonyl (C=O) groups excluding carboxylic acids is 1. The number of aromatic amines is 1. The molecule has 4 rings (SSSR count). The van der Waals surface area contributed by atoms with Crippen LogP contribution in [0.2, 0.25) is 0 Å². The van der Waals surface area contributed by atoms with Gasteiger partial charge >= 0.3 is 0 Å². The summed E-state index contributed by atoms with van der Waals surface area (Å²) in [6.45, 7) is 0.705. The first-order chi connectivity index (χ1) is 11.6. The van der Waals surface area contributed by atoms with Gasteiger partial charge in [0.15, 0.2) is 0 Å². The van der Waals surface area contributed by atoms with E-state index >= 15 is 0 Å². The first-order valence-electron chi connectivity index (χ1n) is 7.77. The standard InChI is InChI=1S/C18H17N5O/c1-23-8-5-13-16(18(23)24)15(12-3-2-6-20-10-12)17(22-13)11-4-7-21-14(19)9-11/h2-4,6-7,9-10,22H,5,8H2,1H3,(H2,19,21). The van der Waals surface area contributed by atoms with Crippen LogP contribution in [0.15, 0.2) is 42.9 Å². The van der Waals surface area contributed by atoms with Crippen molar-refractivity contribution in [3.05, 3.63) is 54.1 Å². The van der Waals surface area contributed by atoms with Gasteiger partial charge in [-0.2, -0.15) is 0 Å². The van der Waals surface area contributed by atoms with Crippen LogP contribution in [0.25, 0.3) is 22.4 Å². The zero-order chi connectivity index (χ0) is 16.7. The molecule has 3 aromatic rings. The monoisotopic (exact) mass is 319 g/mol. The second-order valence-corrected chi connectivity index (χ2v) is 5.92. The van der Waals surface area contributed by atoms with Crippen molar-refractivity contribution in [2.75, 3.05) is 19.3 Å². The van der Waals surface area contributed by atoms with Crippen LogP contribution in [-0.2, 0) is 6.42 Å². The van der Waals surface area contributed by atoms with Gasteiger partial charge in [-0.3, -0.25) is 9.78 Å². The van der Waals surface area contributed by atoms with Crippen molar-refractivity contribution in [1.82, 2.24) is 19.9 Å². The van der Waals surface area contributed by atoms with Crippen LogP contribution in [0, 0.1) is 0 Å². The lowest BCUT2D eigenvalue weighted by Crippen LogP contribution is -2.34. The fraction of sp³-hybridized carbons (Fsp3) is 0.167. The van der Waals surface area contributed by atoms with Crippen LogP contribution in [0.1, 0.15) is 16.1 Å². The summed E-state index contributed by atoms with van der Waals surface area (Å²) in [5.74, 6) is 0.472. The molecule has 0 saturated heterocycles. The van der Waals surface area contributed by atoms with Crippen molar-refractivity contribution in [3.8, 4) is 22.4 Å². The Kier molecular flexibility index (Phi) is 3.30. The molecular formula is C18H17N5O. The van der Waals surface area contributed by atoms with Crippen molar-refractivity contribution in [1.29, 1.82) is 0 Å². The lowest BCUT2D eigenvalue weighted by Gasteiger charge is -2.23. The fourth-order valence-corrected chi connectivity index (χ4v) is 3.17. The van der Waals surface area contributed by atoms with Crippen LogP contribution in [-0.4, -0.2) is 39.4 Å². The first kappa shape index (κ1) is 14.4. The van der Waals surface area contributed by atoms with E-state index in [1.54, 1.807) is 23.5 Å². The van der Waals surface area contributed by atoms with Crippen molar-refractivity contribution in [2.24, 2.45) is 0 Å². The van der Waals surface area contributed by atoms with E-state index in [0.29, 0.717) is 12.4 Å². The summed E-state index contributed by atoms with van der Waals surface area (Å²) in [5.41, 5.74) is 11.1. The lowest BCUT2D eigenvalue weighted by atomic mass is 9.95. The minimum Gasteiger partial charge on any atom is -0.384 e. The van der Waals surface area contributed by atoms with Gasteiger partial charge in [-0.15, -0.1) is 0 Å². The Morgan fingerprint density at radius 1 is 1.21 bits per heavy atom. The highest BCUT2D eigenvalue weighted by Gasteiger charge is 2.30. The molecule has 0 bridgehead atoms. The maximum absolute atomic E-state index is 12.8. The third kappa shape index (κ3) is 2.23. The molecule has 4 heterocycles. The van der Waals surface area contributed by atoms with Gasteiger partial charge in [0.2, 0.25) is 0 Å². The van der Waals surface area contributed by atoms with E-state index in [-0.39, 0.29) is 5.91 Å². The highest BCUT2D eigenvalue weighted by molar-refractivity contribution is 6.06. The van der Waals surface area contributed by atoms with Gasteiger partial charge in [0.1, 0.15) is 5.82 Å². The van der Waals surface area contributed by atoms with Crippen molar-refractivity contribution in [3.63, 3.8) is 0 Å². The van der Waals surface area contributed by atoms with E-state index in [4.69, 9.17) is 5.73 Å². The van der Waals surface area contributed by atoms with Crippen LogP contribution >= 0.6 is 0 Å². The van der Waals surface area contributed by atoms with Gasteiger partial charge in [0.25, 0.3) is 5.91 Å². The van der Waals surface area contributed by atoms with E-state index in [2.05, 4.69) is 15.0 Å². The van der Waals surface area contributed by atoms with Crippen molar-refractivity contribution in [2.45, 2.75) is 6.42 Å². The zero-order valence-electron chi connectivity index (χ0n) is 13.3. The average molecular weight is 319 g/mol. The van der Waals surface area contributed by atoms with Gasteiger partial charge in [-0.05, 0) is 18.2 Å². The van der Waals surface area contributed by atoms with Crippen molar-refractivity contribution >= 4 is 11.7 Å². The molecule has 0 unspecified atom stereocenters. The molecule has 24 heavy (non-hydrogen) atoms. The Labute approximate surface area is 139 Å². The number of hydrogen-bond acceptors (Lipinski definition) is 4. The van der Waals surface area contributed by atoms with E-state index in [9.17, 15) is 4.79 Å². The van der Waals surface area contributed by atoms with Crippen LogP contribution < -0.4 is 5.73 Å². The summed E-state index contributed by atoms with van der Waals surface area (Å²) in [6, 6.07) is 7.54. The predicted molar refractivity (Wildman–Crippen MR) is 92.3 cm³/mol. The van der Waals surface area contributed by atoms with Gasteiger partial charge in [0, 0.05) is 61.0 Å². The molecule has 0 saturated carbocycles. The third-order valence-electron chi connectivity index (χ3n) is 4.36. The molecule has 0 atom stereocenters. The summed E-state index contributed by atoms with van der Waals surface area (Å²) in [4.78, 5) is 26.2. The number of rotatable bonds is 2. The Hall–Kier alpha value is -3.15. The summed E-state index contributed by atoms with van der Waals surface area (Å²) in [7, 11) is 1.83. The maximum atomic E-state index is 12.8. The Morgan fingerprint density at radius 3 is 2.83 bits per heavy atom. The SMILES string of the molecule is CN1CCc2[nH]c(-c3ccnc(N)c3)c(-c3cccnc3)c2C1=O. The summed E-state index contributed by atoms with van der Waals surface area (Å²) < 4.78 is 0. The maximum Gasteiger partial charge on any atom is 0.256 e. The van der Waals surface area contributed by atoms with Crippen molar-refractivity contribution < 1.29 is 4.79 Å². The molecule has 1 amide bonds. The van der Waals surface area contributed by atoms with Gasteiger partial charge < -0.3 is 15.6 Å². The van der Waals surface area contributed by atoms with E-state index in [0.717, 1.165) is 40.1 Å². The Morgan fingerprint density at radius 2 is 2.08 bits per heavy atom. The van der Waals surface area contributed by atoms with Gasteiger partial charge in [-0.1, -0.05) is 6.07 Å². The smallest absolute Gasteiger partial charge is 0.256 e. The minimum atomic E-state index is 0.0274. The quantitative estimate of drug-likeness (QED) is 0.759. The predicted octanol–water partition coefficient (Wildman–Crippen LogP) is 2.35. The van der Waals surface area contributed by atoms with E-state index < -0.39 is 0 Å². The number of pyridine rings is 2. The van der Waals surface area contributed by atoms with E-state index in [1.807, 2.05) is 31.3 Å². The van der Waals surface area contributed by atoms with Gasteiger partial charge in [-0.25, -0.2) is 4.98 Å². The third-order valence-corrected chi connectivity index (χ3v) is 4.36. The zero-order valence-corrected chi connectivity index (χ0v) is 13.3. The number of nitrogens with zero attached hydrogens (tertiary/aromatic N) is 3. The number of nitrogens with two attached hydrogens (primary N) is 1. The number of likely N-dealkylation sites (N-methyl/N-ethyl adjacent to an activating group) is 1. The number of aromatic nitrogens is 3. The molecule has 3 aromatic heterocycles. The number of carbonyl (C=O) groups is 1. The number of nitrogen functional groups attached to an aromatic ring is 1. The molecule has 3 N–H and O–H groups in total. The number of nitrogens with one attached hydrogen (secondary N) is 1.